The average Bonchev–Trinajstić information content (AvgIpc) is 2.34. The van der Waals surface area contributed by atoms with Crippen LogP contribution < -0.4 is 4.74 Å². The van der Waals surface area contributed by atoms with Crippen molar-refractivity contribution in [2.45, 2.75) is 13.8 Å². The van der Waals surface area contributed by atoms with Crippen molar-refractivity contribution in [3.63, 3.8) is 0 Å². The van der Waals surface area contributed by atoms with Crippen molar-refractivity contribution in [2.75, 3.05) is 0 Å². The highest BCUT2D eigenvalue weighted by Gasteiger charge is 2.06. The van der Waals surface area contributed by atoms with Crippen molar-refractivity contribution in [1.29, 1.82) is 0 Å². The van der Waals surface area contributed by atoms with E-state index in [1.54, 1.807) is 24.4 Å². The van der Waals surface area contributed by atoms with Gasteiger partial charge in [0.1, 0.15) is 11.5 Å². The standard InChI is InChI=1S/C14H12BrNO2/c1-9-3-5-12(8-16-9)18-14-6-4-11(10(2)17)7-13(14)15/h3-8H,1-2H3. The van der Waals surface area contributed by atoms with Crippen molar-refractivity contribution in [3.8, 4) is 11.5 Å². The monoisotopic (exact) mass is 305 g/mol. The largest absolute Gasteiger partial charge is 0.455 e. The Labute approximate surface area is 114 Å². The molecule has 2 aromatic rings. The molecule has 92 valence electrons. The third-order valence-corrected chi connectivity index (χ3v) is 3.07. The van der Waals surface area contributed by atoms with Crippen LogP contribution in [0.2, 0.25) is 0 Å². The number of hydrogen-bond acceptors (Lipinski definition) is 3. The van der Waals surface area contributed by atoms with E-state index in [9.17, 15) is 4.79 Å². The van der Waals surface area contributed by atoms with E-state index < -0.39 is 0 Å². The van der Waals surface area contributed by atoms with Crippen LogP contribution in [0.5, 0.6) is 11.5 Å². The smallest absolute Gasteiger partial charge is 0.159 e. The fourth-order valence-corrected chi connectivity index (χ4v) is 1.90. The first-order valence-corrected chi connectivity index (χ1v) is 6.26. The highest BCUT2D eigenvalue weighted by atomic mass is 79.9. The predicted molar refractivity (Wildman–Crippen MR) is 73.2 cm³/mol. The van der Waals surface area contributed by atoms with Crippen LogP contribution in [-0.2, 0) is 0 Å². The maximum atomic E-state index is 11.2. The van der Waals surface area contributed by atoms with Crippen LogP contribution in [0.3, 0.4) is 0 Å². The Morgan fingerprint density at radius 1 is 1.28 bits per heavy atom. The molecule has 1 aromatic heterocycles. The number of carbonyl (C=O) groups is 1. The van der Waals surface area contributed by atoms with Gasteiger partial charge in [-0.2, -0.15) is 0 Å². The zero-order valence-corrected chi connectivity index (χ0v) is 11.7. The second-order valence-electron chi connectivity index (χ2n) is 3.94. The van der Waals surface area contributed by atoms with Crippen LogP contribution >= 0.6 is 15.9 Å². The van der Waals surface area contributed by atoms with Gasteiger partial charge in [0.15, 0.2) is 5.78 Å². The maximum Gasteiger partial charge on any atom is 0.159 e. The normalized spacial score (nSPS) is 10.2. The van der Waals surface area contributed by atoms with Crippen molar-refractivity contribution in [3.05, 3.63) is 52.3 Å². The molecule has 0 atom stereocenters. The van der Waals surface area contributed by atoms with Crippen LogP contribution in [0.4, 0.5) is 0 Å². The first-order chi connectivity index (χ1) is 8.56. The lowest BCUT2D eigenvalue weighted by atomic mass is 10.1. The highest BCUT2D eigenvalue weighted by Crippen LogP contribution is 2.30. The van der Waals surface area contributed by atoms with E-state index in [0.29, 0.717) is 17.1 Å². The van der Waals surface area contributed by atoms with Crippen molar-refractivity contribution in [2.24, 2.45) is 0 Å². The minimum atomic E-state index is 0.0271. The number of pyridine rings is 1. The minimum Gasteiger partial charge on any atom is -0.455 e. The molecule has 18 heavy (non-hydrogen) atoms. The summed E-state index contributed by atoms with van der Waals surface area (Å²) >= 11 is 3.39. The second kappa shape index (κ2) is 5.31. The SMILES string of the molecule is CC(=O)c1ccc(Oc2ccc(C)nc2)c(Br)c1. The molecule has 0 saturated heterocycles. The number of aryl methyl sites for hydroxylation is 1. The molecular formula is C14H12BrNO2. The Kier molecular flexibility index (Phi) is 3.77. The number of nitrogens with zero attached hydrogens (tertiary/aromatic N) is 1. The number of halogens is 1. The molecule has 0 N–H and O–H groups in total. The van der Waals surface area contributed by atoms with Crippen molar-refractivity contribution < 1.29 is 9.53 Å². The van der Waals surface area contributed by atoms with Crippen LogP contribution in [0.15, 0.2) is 41.0 Å². The molecule has 0 radical (unpaired) electrons. The molecule has 0 fully saturated rings. The summed E-state index contributed by atoms with van der Waals surface area (Å²) < 4.78 is 6.42. The topological polar surface area (TPSA) is 39.2 Å². The second-order valence-corrected chi connectivity index (χ2v) is 4.79. The lowest BCUT2D eigenvalue weighted by Gasteiger charge is -2.08. The third-order valence-electron chi connectivity index (χ3n) is 2.45. The lowest BCUT2D eigenvalue weighted by molar-refractivity contribution is 0.101. The van der Waals surface area contributed by atoms with Crippen LogP contribution in [-0.4, -0.2) is 10.8 Å². The maximum absolute atomic E-state index is 11.2. The summed E-state index contributed by atoms with van der Waals surface area (Å²) in [6, 6.07) is 8.99. The number of rotatable bonds is 3. The Morgan fingerprint density at radius 2 is 2.06 bits per heavy atom. The molecule has 0 aliphatic carbocycles. The number of benzene rings is 1. The van der Waals surface area contributed by atoms with Gasteiger partial charge in [-0.1, -0.05) is 0 Å². The average molecular weight is 306 g/mol. The summed E-state index contributed by atoms with van der Waals surface area (Å²) in [5, 5.41) is 0. The number of aromatic nitrogens is 1. The fraction of sp³-hybridized carbons (Fsp3) is 0.143. The molecule has 2 rings (SSSR count). The zero-order chi connectivity index (χ0) is 13.1. The summed E-state index contributed by atoms with van der Waals surface area (Å²) in [5.74, 6) is 1.35. The van der Waals surface area contributed by atoms with E-state index in [1.807, 2.05) is 19.1 Å². The van der Waals surface area contributed by atoms with Gasteiger partial charge in [0.05, 0.1) is 10.7 Å². The molecule has 0 unspecified atom stereocenters. The van der Waals surface area contributed by atoms with Gasteiger partial charge in [0.25, 0.3) is 0 Å². The Balaban J connectivity index is 2.24. The number of carbonyl (C=O) groups excluding carboxylic acids is 1. The molecular weight excluding hydrogens is 294 g/mol. The zero-order valence-electron chi connectivity index (χ0n) is 10.1. The van der Waals surface area contributed by atoms with Crippen LogP contribution in [0, 0.1) is 6.92 Å². The van der Waals surface area contributed by atoms with Crippen LogP contribution in [0.25, 0.3) is 0 Å². The van der Waals surface area contributed by atoms with Crippen molar-refractivity contribution >= 4 is 21.7 Å². The number of ketones is 1. The van der Waals surface area contributed by atoms with Gasteiger partial charge >= 0.3 is 0 Å². The van der Waals surface area contributed by atoms with E-state index in [0.717, 1.165) is 10.2 Å². The lowest BCUT2D eigenvalue weighted by Crippen LogP contribution is -1.93. The van der Waals surface area contributed by atoms with E-state index in [1.165, 1.54) is 6.92 Å². The quantitative estimate of drug-likeness (QED) is 0.800. The highest BCUT2D eigenvalue weighted by molar-refractivity contribution is 9.10. The predicted octanol–water partition coefficient (Wildman–Crippen LogP) is 4.15. The first-order valence-electron chi connectivity index (χ1n) is 5.47. The molecule has 4 heteroatoms. The molecule has 0 saturated carbocycles. The van der Waals surface area contributed by atoms with E-state index >= 15 is 0 Å². The number of Topliss-reactive ketones (excluding diaryl/α,β-unsaturated/α-hetero) is 1. The first kappa shape index (κ1) is 12.8. The number of hydrogen-bond donors (Lipinski definition) is 0. The Bertz CT molecular complexity index is 579. The summed E-state index contributed by atoms with van der Waals surface area (Å²) in [4.78, 5) is 15.4. The summed E-state index contributed by atoms with van der Waals surface area (Å²) in [7, 11) is 0. The van der Waals surface area contributed by atoms with Gasteiger partial charge in [-0.25, -0.2) is 0 Å². The summed E-state index contributed by atoms with van der Waals surface area (Å²) in [6.07, 6.45) is 1.67. The van der Waals surface area contributed by atoms with E-state index in [-0.39, 0.29) is 5.78 Å². The number of ether oxygens (including phenoxy) is 1. The fourth-order valence-electron chi connectivity index (χ4n) is 1.44. The summed E-state index contributed by atoms with van der Waals surface area (Å²) in [6.45, 7) is 3.45. The molecule has 0 amide bonds. The van der Waals surface area contributed by atoms with Gasteiger partial charge in [-0.05, 0) is 60.1 Å². The molecule has 0 aliphatic rings. The van der Waals surface area contributed by atoms with Gasteiger partial charge < -0.3 is 4.74 Å². The van der Waals surface area contributed by atoms with Gasteiger partial charge in [-0.15, -0.1) is 0 Å². The molecule has 1 heterocycles. The van der Waals surface area contributed by atoms with Gasteiger partial charge in [0.2, 0.25) is 0 Å². The molecule has 0 bridgehead atoms. The van der Waals surface area contributed by atoms with Crippen molar-refractivity contribution in [1.82, 2.24) is 4.98 Å². The molecule has 0 aliphatic heterocycles. The van der Waals surface area contributed by atoms with E-state index in [4.69, 9.17) is 4.74 Å². The van der Waals surface area contributed by atoms with Crippen LogP contribution in [0.1, 0.15) is 23.0 Å². The summed E-state index contributed by atoms with van der Waals surface area (Å²) in [5.41, 5.74) is 1.59. The third kappa shape index (κ3) is 2.96. The van der Waals surface area contributed by atoms with E-state index in [2.05, 4.69) is 20.9 Å². The minimum absolute atomic E-state index is 0.0271. The Morgan fingerprint density at radius 3 is 2.61 bits per heavy atom. The van der Waals surface area contributed by atoms with Gasteiger partial charge in [0, 0.05) is 11.3 Å². The van der Waals surface area contributed by atoms with Gasteiger partial charge in [-0.3, -0.25) is 9.78 Å². The molecule has 0 spiro atoms. The molecule has 1 aromatic carbocycles. The molecule has 3 nitrogen and oxygen atoms in total. The Hall–Kier alpha value is -1.68.